The molecule has 4 heteroatoms. The van der Waals surface area contributed by atoms with Gasteiger partial charge in [-0.1, -0.05) is 5.02 Å². The van der Waals surface area contributed by atoms with Crippen molar-refractivity contribution in [3.05, 3.63) is 21.8 Å². The molecule has 0 N–H and O–H groups in total. The minimum atomic E-state index is 0. The van der Waals surface area contributed by atoms with Crippen molar-refractivity contribution >= 4 is 46.0 Å². The van der Waals surface area contributed by atoms with E-state index in [2.05, 4.69) is 5.38 Å². The summed E-state index contributed by atoms with van der Waals surface area (Å²) < 4.78 is 0. The molecular formula is C4H2BrClMgS. The van der Waals surface area contributed by atoms with Crippen LogP contribution < -0.4 is 17.0 Å². The van der Waals surface area contributed by atoms with E-state index in [1.165, 1.54) is 11.3 Å². The van der Waals surface area contributed by atoms with E-state index in [1.807, 2.05) is 11.4 Å². The number of hydrogen-bond acceptors (Lipinski definition) is 1. The smallest absolute Gasteiger partial charge is 1.00 e. The number of thiophene rings is 1. The maximum absolute atomic E-state index is 5.41. The maximum atomic E-state index is 5.41. The minimum Gasteiger partial charge on any atom is -1.00 e. The van der Waals surface area contributed by atoms with Crippen LogP contribution in [0.1, 0.15) is 0 Å². The summed E-state index contributed by atoms with van der Waals surface area (Å²) in [5.41, 5.74) is 0. The van der Waals surface area contributed by atoms with E-state index in [1.54, 1.807) is 0 Å². The third kappa shape index (κ3) is 4.15. The van der Waals surface area contributed by atoms with Crippen molar-refractivity contribution < 1.29 is 17.0 Å². The molecule has 0 bridgehead atoms. The number of halogens is 2. The van der Waals surface area contributed by atoms with E-state index < -0.39 is 0 Å². The molecule has 0 nitrogen and oxygen atoms in total. The Morgan fingerprint density at radius 1 is 1.62 bits per heavy atom. The van der Waals surface area contributed by atoms with Gasteiger partial charge in [-0.25, -0.2) is 0 Å². The van der Waals surface area contributed by atoms with Crippen molar-refractivity contribution in [3.8, 4) is 0 Å². The van der Waals surface area contributed by atoms with Crippen molar-refractivity contribution in [1.29, 1.82) is 0 Å². The van der Waals surface area contributed by atoms with Crippen molar-refractivity contribution in [1.82, 2.24) is 0 Å². The van der Waals surface area contributed by atoms with E-state index >= 15 is 0 Å². The molecule has 40 valence electrons. The fourth-order valence-corrected chi connectivity index (χ4v) is 0.942. The fraction of sp³-hybridized carbons (Fsp3) is 0. The topological polar surface area (TPSA) is 0 Å². The second kappa shape index (κ2) is 6.36. The third-order valence-corrected chi connectivity index (χ3v) is 1.38. The monoisotopic (exact) mass is 220 g/mol. The molecule has 0 atom stereocenters. The first kappa shape index (κ1) is 12.0. The Kier molecular flexibility index (Phi) is 9.51. The summed E-state index contributed by atoms with van der Waals surface area (Å²) in [7, 11) is 0. The first-order chi connectivity index (χ1) is 2.89. The Hall–Kier alpha value is 1.24. The third-order valence-electron chi connectivity index (χ3n) is 0.439. The molecular weight excluding hydrogens is 220 g/mol. The average Bonchev–Trinajstić information content (AvgIpc) is 1.86. The molecule has 0 unspecified atom stereocenters. The molecule has 0 radical (unpaired) electrons. The molecule has 0 aromatic carbocycles. The summed E-state index contributed by atoms with van der Waals surface area (Å²) in [5.74, 6) is 0. The van der Waals surface area contributed by atoms with Gasteiger partial charge in [0.15, 0.2) is 0 Å². The van der Waals surface area contributed by atoms with Crippen LogP contribution >= 0.6 is 22.9 Å². The largest absolute Gasteiger partial charge is 2.00 e. The maximum Gasteiger partial charge on any atom is 2.00 e. The van der Waals surface area contributed by atoms with Crippen molar-refractivity contribution in [2.75, 3.05) is 0 Å². The predicted octanol–water partition coefficient (Wildman–Crippen LogP) is -1.18. The first-order valence-electron chi connectivity index (χ1n) is 1.50. The van der Waals surface area contributed by atoms with Gasteiger partial charge in [-0.2, -0.15) is 11.4 Å². The molecule has 0 amide bonds. The summed E-state index contributed by atoms with van der Waals surface area (Å²) in [6.07, 6.45) is 0. The van der Waals surface area contributed by atoms with Crippen LogP contribution in [-0.4, -0.2) is 23.1 Å². The molecule has 0 aliphatic carbocycles. The van der Waals surface area contributed by atoms with Crippen LogP contribution in [0.25, 0.3) is 0 Å². The molecule has 0 aliphatic heterocycles. The van der Waals surface area contributed by atoms with Crippen LogP contribution in [0.2, 0.25) is 5.02 Å². The fourth-order valence-electron chi connectivity index (χ4n) is 0.218. The zero-order valence-corrected chi connectivity index (χ0v) is 8.60. The Balaban J connectivity index is 0. The zero-order valence-electron chi connectivity index (χ0n) is 4.03. The van der Waals surface area contributed by atoms with Crippen LogP contribution in [0, 0.1) is 5.38 Å². The molecule has 0 saturated heterocycles. The molecule has 0 spiro atoms. The minimum absolute atomic E-state index is 0. The summed E-state index contributed by atoms with van der Waals surface area (Å²) in [5, 5.41) is 5.41. The molecule has 0 fully saturated rings. The van der Waals surface area contributed by atoms with E-state index in [9.17, 15) is 0 Å². The SMILES string of the molecule is Clc1[c-]scc1.[Br-].[Mg+2]. The van der Waals surface area contributed by atoms with Crippen molar-refractivity contribution in [2.45, 2.75) is 0 Å². The summed E-state index contributed by atoms with van der Waals surface area (Å²) in [6, 6.07) is 1.81. The van der Waals surface area contributed by atoms with Crippen LogP contribution in [-0.2, 0) is 0 Å². The second-order valence-corrected chi connectivity index (χ2v) is 1.99. The number of hydrogen-bond donors (Lipinski definition) is 0. The summed E-state index contributed by atoms with van der Waals surface area (Å²) in [4.78, 5) is 0. The van der Waals surface area contributed by atoms with Crippen LogP contribution in [0.4, 0.5) is 0 Å². The van der Waals surface area contributed by atoms with Gasteiger partial charge in [-0.05, 0) is 0 Å². The quantitative estimate of drug-likeness (QED) is 0.383. The molecule has 1 rings (SSSR count). The van der Waals surface area contributed by atoms with Gasteiger partial charge < -0.3 is 28.3 Å². The van der Waals surface area contributed by atoms with E-state index in [4.69, 9.17) is 11.6 Å². The van der Waals surface area contributed by atoms with Gasteiger partial charge >= 0.3 is 23.1 Å². The molecule has 0 saturated carbocycles. The van der Waals surface area contributed by atoms with Crippen LogP contribution in [0.15, 0.2) is 11.4 Å². The normalized spacial score (nSPS) is 6.62. The van der Waals surface area contributed by atoms with Gasteiger partial charge in [-0.3, -0.25) is 0 Å². The van der Waals surface area contributed by atoms with Crippen molar-refractivity contribution in [2.24, 2.45) is 0 Å². The van der Waals surface area contributed by atoms with Crippen LogP contribution in [0.5, 0.6) is 0 Å². The molecule has 1 aromatic heterocycles. The standard InChI is InChI=1S/C4H2ClS.BrH.Mg/c5-4-1-2-6-3-4;;/h1-2H;1H;/q-1;;+2/p-1. The zero-order chi connectivity index (χ0) is 4.41. The Morgan fingerprint density at radius 3 is 2.38 bits per heavy atom. The molecule has 8 heavy (non-hydrogen) atoms. The van der Waals surface area contributed by atoms with Gasteiger partial charge in [0.25, 0.3) is 0 Å². The van der Waals surface area contributed by atoms with Gasteiger partial charge in [-0.15, -0.1) is 17.0 Å². The van der Waals surface area contributed by atoms with Crippen LogP contribution in [0.3, 0.4) is 0 Å². The predicted molar refractivity (Wildman–Crippen MR) is 33.9 cm³/mol. The molecule has 1 aromatic rings. The van der Waals surface area contributed by atoms with Crippen molar-refractivity contribution in [3.63, 3.8) is 0 Å². The second-order valence-electron chi connectivity index (χ2n) is 0.871. The molecule has 1 heterocycles. The first-order valence-corrected chi connectivity index (χ1v) is 2.76. The Labute approximate surface area is 84.2 Å². The average molecular weight is 222 g/mol. The van der Waals surface area contributed by atoms with E-state index in [0.29, 0.717) is 5.02 Å². The summed E-state index contributed by atoms with van der Waals surface area (Å²) >= 11 is 6.89. The van der Waals surface area contributed by atoms with Gasteiger partial charge in [0.2, 0.25) is 0 Å². The summed E-state index contributed by atoms with van der Waals surface area (Å²) in [6.45, 7) is 0. The van der Waals surface area contributed by atoms with Gasteiger partial charge in [0.05, 0.1) is 0 Å². The molecule has 0 aliphatic rings. The van der Waals surface area contributed by atoms with Gasteiger partial charge in [0, 0.05) is 0 Å². The Bertz CT molecular complexity index is 120. The van der Waals surface area contributed by atoms with E-state index in [0.717, 1.165) is 0 Å². The van der Waals surface area contributed by atoms with Gasteiger partial charge in [0.1, 0.15) is 0 Å². The van der Waals surface area contributed by atoms with E-state index in [-0.39, 0.29) is 40.0 Å². The number of rotatable bonds is 0. The Morgan fingerprint density at radius 2 is 2.25 bits per heavy atom.